The van der Waals surface area contributed by atoms with E-state index in [9.17, 15) is 19.2 Å². The fourth-order valence-electron chi connectivity index (χ4n) is 1.75. The van der Waals surface area contributed by atoms with E-state index in [-0.39, 0.29) is 19.5 Å². The molecule has 0 amide bonds. The number of esters is 4. The fourth-order valence-corrected chi connectivity index (χ4v) is 1.75. The number of hydrogen-bond donors (Lipinski definition) is 0. The topological polar surface area (TPSA) is 105 Å². The van der Waals surface area contributed by atoms with Crippen LogP contribution in [0, 0.1) is 20.8 Å². The molecule has 9 heteroatoms. The van der Waals surface area contributed by atoms with Crippen LogP contribution in [0.15, 0.2) is 42.5 Å². The van der Waals surface area contributed by atoms with Crippen LogP contribution in [0.25, 0.3) is 0 Å². The molecule has 0 radical (unpaired) electrons. The van der Waals surface area contributed by atoms with Gasteiger partial charge in [-0.3, -0.25) is 0 Å². The molecule has 0 aliphatic heterocycles. The average molecular weight is 510 g/mol. The Morgan fingerprint density at radius 1 is 0.533 bits per heavy atom. The Hall–Kier alpha value is -2.80. The van der Waals surface area contributed by atoms with Crippen molar-refractivity contribution in [2.75, 3.05) is 28.4 Å². The van der Waals surface area contributed by atoms with Crippen LogP contribution in [0.5, 0.6) is 0 Å². The Labute approximate surface area is 190 Å². The van der Waals surface area contributed by atoms with Gasteiger partial charge in [-0.2, -0.15) is 0 Å². The largest absolute Gasteiger partial charge is 0.466 e. The number of hydrogen-bond acceptors (Lipinski definition) is 8. The summed E-state index contributed by atoms with van der Waals surface area (Å²) in [4.78, 5) is 41.3. The summed E-state index contributed by atoms with van der Waals surface area (Å²) in [6.45, 7) is 6.38. The summed E-state index contributed by atoms with van der Waals surface area (Å²) in [5.41, 5.74) is 4.06. The standard InChI is InChI=1S/C9H12.2C6H8O4.Ru/c1-7-4-8(2)6-9(3)5-7;2*1-9-5(7)3-4-6(8)10-2;/h4-6H,1-3H3;2*3-4H,1-2H3;/b;2*4-3+;. The van der Waals surface area contributed by atoms with E-state index in [0.717, 1.165) is 24.3 Å². The van der Waals surface area contributed by atoms with E-state index in [0.29, 0.717) is 0 Å². The molecule has 0 saturated carbocycles. The first-order valence-electron chi connectivity index (χ1n) is 8.32. The van der Waals surface area contributed by atoms with Gasteiger partial charge in [0.1, 0.15) is 0 Å². The summed E-state index contributed by atoms with van der Waals surface area (Å²) in [5.74, 6) is -2.31. The van der Waals surface area contributed by atoms with Gasteiger partial charge in [0.15, 0.2) is 0 Å². The van der Waals surface area contributed by atoms with Crippen molar-refractivity contribution in [3.05, 3.63) is 59.2 Å². The van der Waals surface area contributed by atoms with Crippen LogP contribution >= 0.6 is 0 Å². The van der Waals surface area contributed by atoms with E-state index >= 15 is 0 Å². The molecule has 30 heavy (non-hydrogen) atoms. The summed E-state index contributed by atoms with van der Waals surface area (Å²) in [7, 11) is 4.90. The van der Waals surface area contributed by atoms with Crippen molar-refractivity contribution in [3.63, 3.8) is 0 Å². The maximum Gasteiger partial charge on any atom is 0.330 e. The first-order chi connectivity index (χ1) is 13.6. The molecule has 1 rings (SSSR count). The average Bonchev–Trinajstić information content (AvgIpc) is 2.69. The molecule has 0 atom stereocenters. The van der Waals surface area contributed by atoms with E-state index < -0.39 is 23.9 Å². The van der Waals surface area contributed by atoms with Crippen molar-refractivity contribution in [2.24, 2.45) is 0 Å². The van der Waals surface area contributed by atoms with E-state index in [2.05, 4.69) is 57.9 Å². The predicted molar refractivity (Wildman–Crippen MR) is 107 cm³/mol. The third-order valence-electron chi connectivity index (χ3n) is 2.88. The Balaban J connectivity index is -0.000000359. The molecule has 0 spiro atoms. The number of aryl methyl sites for hydroxylation is 3. The number of methoxy groups -OCH3 is 4. The molecule has 168 valence electrons. The molecule has 0 fully saturated rings. The monoisotopic (exact) mass is 510 g/mol. The van der Waals surface area contributed by atoms with Gasteiger partial charge < -0.3 is 18.9 Å². The first-order valence-corrected chi connectivity index (χ1v) is 8.32. The molecule has 1 aromatic rings. The Kier molecular flexibility index (Phi) is 20.7. The van der Waals surface area contributed by atoms with Crippen LogP contribution in [-0.4, -0.2) is 52.3 Å². The molecular weight excluding hydrogens is 481 g/mol. The van der Waals surface area contributed by atoms with Crippen molar-refractivity contribution in [1.82, 2.24) is 0 Å². The molecule has 0 aliphatic rings. The Morgan fingerprint density at radius 3 is 0.833 bits per heavy atom. The van der Waals surface area contributed by atoms with Gasteiger partial charge in [-0.15, -0.1) is 0 Å². The summed E-state index contributed by atoms with van der Waals surface area (Å²) >= 11 is 0. The second kappa shape index (κ2) is 19.5. The van der Waals surface area contributed by atoms with Gasteiger partial charge in [-0.25, -0.2) is 19.2 Å². The number of benzene rings is 1. The smallest absolute Gasteiger partial charge is 0.330 e. The predicted octanol–water partition coefficient (Wildman–Crippen LogP) is 2.39. The summed E-state index contributed by atoms with van der Waals surface area (Å²) in [5, 5.41) is 0. The van der Waals surface area contributed by atoms with Crippen LogP contribution in [0.4, 0.5) is 0 Å². The number of ether oxygens (including phenoxy) is 4. The maximum atomic E-state index is 10.3. The minimum Gasteiger partial charge on any atom is -0.466 e. The zero-order valence-corrected chi connectivity index (χ0v) is 19.9. The third-order valence-corrected chi connectivity index (χ3v) is 2.88. The van der Waals surface area contributed by atoms with E-state index in [1.54, 1.807) is 0 Å². The van der Waals surface area contributed by atoms with Crippen molar-refractivity contribution in [1.29, 1.82) is 0 Å². The van der Waals surface area contributed by atoms with Crippen molar-refractivity contribution >= 4 is 23.9 Å². The zero-order chi connectivity index (χ0) is 22.8. The fraction of sp³-hybridized carbons (Fsp3) is 0.333. The second-order valence-electron chi connectivity index (χ2n) is 5.42. The van der Waals surface area contributed by atoms with E-state index in [4.69, 9.17) is 0 Å². The van der Waals surface area contributed by atoms with Gasteiger partial charge in [0.25, 0.3) is 0 Å². The normalized spacial score (nSPS) is 9.17. The van der Waals surface area contributed by atoms with Gasteiger partial charge in [-0.05, 0) is 20.8 Å². The van der Waals surface area contributed by atoms with Gasteiger partial charge in [0, 0.05) is 43.8 Å². The minimum atomic E-state index is -0.578. The number of carbonyl (C=O) groups is 4. The van der Waals surface area contributed by atoms with Crippen LogP contribution in [0.3, 0.4) is 0 Å². The summed E-state index contributed by atoms with van der Waals surface area (Å²) < 4.78 is 16.8. The van der Waals surface area contributed by atoms with Crippen LogP contribution in [-0.2, 0) is 57.6 Å². The summed E-state index contributed by atoms with van der Waals surface area (Å²) in [6.07, 6.45) is 3.97. The van der Waals surface area contributed by atoms with Crippen LogP contribution in [0.2, 0.25) is 0 Å². The van der Waals surface area contributed by atoms with E-state index in [1.807, 2.05) is 0 Å². The molecule has 0 saturated heterocycles. The van der Waals surface area contributed by atoms with Gasteiger partial charge >= 0.3 is 23.9 Å². The molecular formula is C21H28O8Ru. The Bertz CT molecular complexity index is 614. The molecule has 1 aromatic carbocycles. The third kappa shape index (κ3) is 20.0. The quantitative estimate of drug-likeness (QED) is 0.264. The van der Waals surface area contributed by atoms with Crippen molar-refractivity contribution in [3.8, 4) is 0 Å². The zero-order valence-electron chi connectivity index (χ0n) is 18.2. The van der Waals surface area contributed by atoms with E-state index in [1.165, 1.54) is 45.1 Å². The SMILES string of the molecule is COC(=O)/C=C/C(=O)OC.COC(=O)/C=C/C(=O)OC.Cc1cc(C)cc(C)c1.[Ru]. The number of carbonyl (C=O) groups excluding carboxylic acids is 4. The molecule has 8 nitrogen and oxygen atoms in total. The molecule has 0 N–H and O–H groups in total. The Morgan fingerprint density at radius 2 is 0.700 bits per heavy atom. The minimum absolute atomic E-state index is 0. The molecule has 0 aromatic heterocycles. The second-order valence-corrected chi connectivity index (χ2v) is 5.42. The first kappa shape index (κ1) is 31.9. The van der Waals surface area contributed by atoms with Gasteiger partial charge in [0.05, 0.1) is 28.4 Å². The molecule has 0 unspecified atom stereocenters. The number of rotatable bonds is 4. The van der Waals surface area contributed by atoms with Gasteiger partial charge in [-0.1, -0.05) is 34.9 Å². The molecule has 0 aliphatic carbocycles. The maximum absolute atomic E-state index is 10.3. The summed E-state index contributed by atoms with van der Waals surface area (Å²) in [6, 6.07) is 6.56. The van der Waals surface area contributed by atoms with Gasteiger partial charge in [0.2, 0.25) is 0 Å². The molecule has 0 bridgehead atoms. The molecule has 0 heterocycles. The van der Waals surface area contributed by atoms with Crippen molar-refractivity contribution < 1.29 is 57.6 Å². The van der Waals surface area contributed by atoms with Crippen LogP contribution in [0.1, 0.15) is 16.7 Å². The van der Waals surface area contributed by atoms with Crippen molar-refractivity contribution in [2.45, 2.75) is 20.8 Å². The van der Waals surface area contributed by atoms with Crippen LogP contribution < -0.4 is 0 Å².